The second-order valence-electron chi connectivity index (χ2n) is 12.8. The van der Waals surface area contributed by atoms with Crippen LogP contribution in [0.3, 0.4) is 0 Å². The van der Waals surface area contributed by atoms with Crippen molar-refractivity contribution in [2.45, 2.75) is 105 Å². The van der Waals surface area contributed by atoms with E-state index in [0.717, 1.165) is 44.9 Å². The lowest BCUT2D eigenvalue weighted by Gasteiger charge is -2.60. The van der Waals surface area contributed by atoms with Crippen LogP contribution in [-0.2, 0) is 4.79 Å². The molecule has 0 spiro atoms. The zero-order chi connectivity index (χ0) is 24.8. The van der Waals surface area contributed by atoms with Crippen molar-refractivity contribution in [1.82, 2.24) is 0 Å². The highest BCUT2D eigenvalue weighted by atomic mass is 16.4. The van der Waals surface area contributed by atoms with Crippen LogP contribution in [0.25, 0.3) is 0 Å². The van der Waals surface area contributed by atoms with Crippen LogP contribution < -0.4 is 0 Å². The van der Waals surface area contributed by atoms with E-state index in [1.807, 2.05) is 0 Å². The first-order valence-electron chi connectivity index (χ1n) is 13.1. The van der Waals surface area contributed by atoms with Gasteiger partial charge in [-0.1, -0.05) is 63.6 Å². The topological polar surface area (TPSA) is 57.5 Å². The molecule has 2 N–H and O–H groups in total. The highest BCUT2D eigenvalue weighted by Gasteiger charge is 2.56. The van der Waals surface area contributed by atoms with Crippen LogP contribution in [-0.4, -0.2) is 22.3 Å². The van der Waals surface area contributed by atoms with E-state index >= 15 is 0 Å². The molecule has 0 radical (unpaired) electrons. The van der Waals surface area contributed by atoms with Crippen molar-refractivity contribution in [1.29, 1.82) is 0 Å². The summed E-state index contributed by atoms with van der Waals surface area (Å²) >= 11 is 0. The molecule has 7 atom stereocenters. The molecule has 0 saturated heterocycles. The summed E-state index contributed by atoms with van der Waals surface area (Å²) in [6.45, 7) is 22.5. The number of carboxylic acids is 1. The predicted molar refractivity (Wildman–Crippen MR) is 137 cm³/mol. The Kier molecular flexibility index (Phi) is 7.45. The lowest BCUT2D eigenvalue weighted by molar-refractivity contribution is -0.138. The number of allylic oxidation sites excluding steroid dienone is 4. The van der Waals surface area contributed by atoms with Crippen LogP contribution in [0.2, 0.25) is 0 Å². The molecule has 0 bridgehead atoms. The molecule has 0 aromatic heterocycles. The Morgan fingerprint density at radius 3 is 2.39 bits per heavy atom. The summed E-state index contributed by atoms with van der Waals surface area (Å²) in [5.41, 5.74) is 4.02. The molecule has 2 saturated carbocycles. The Hall–Kier alpha value is -1.35. The molecule has 0 aromatic carbocycles. The quantitative estimate of drug-likeness (QED) is 0.388. The summed E-state index contributed by atoms with van der Waals surface area (Å²) in [6.07, 6.45) is 10.3. The number of carboxylic acid groups (broad SMARTS) is 1. The Morgan fingerprint density at radius 2 is 1.79 bits per heavy atom. The minimum atomic E-state index is -0.707. The largest absolute Gasteiger partial charge is 0.481 e. The Bertz CT molecular complexity index is 820. The van der Waals surface area contributed by atoms with Crippen molar-refractivity contribution in [3.05, 3.63) is 36.0 Å². The van der Waals surface area contributed by atoms with Gasteiger partial charge in [-0.25, -0.2) is 0 Å². The van der Waals surface area contributed by atoms with Crippen molar-refractivity contribution < 1.29 is 15.0 Å². The lowest BCUT2D eigenvalue weighted by atomic mass is 9.46. The molecule has 3 aliphatic carbocycles. The third-order valence-electron chi connectivity index (χ3n) is 10.6. The van der Waals surface area contributed by atoms with Gasteiger partial charge in [-0.2, -0.15) is 0 Å². The fourth-order valence-corrected chi connectivity index (χ4v) is 8.56. The molecule has 186 valence electrons. The maximum atomic E-state index is 11.5. The van der Waals surface area contributed by atoms with Gasteiger partial charge in [-0.3, -0.25) is 4.79 Å². The number of rotatable bonds is 7. The number of aliphatic hydroxyl groups excluding tert-OH is 1. The second kappa shape index (κ2) is 9.36. The molecule has 3 heteroatoms. The molecule has 0 aromatic rings. The molecule has 0 aliphatic heterocycles. The van der Waals surface area contributed by atoms with Crippen LogP contribution in [0.15, 0.2) is 36.0 Å². The van der Waals surface area contributed by atoms with Crippen molar-refractivity contribution in [3.63, 3.8) is 0 Å². The first-order chi connectivity index (χ1) is 15.2. The SMILES string of the molecule is C=C(C)[C@@H]1CC=C(C)[C@H](CC[C@H]2C(=C)CC[C@H]3C(C)(C)[C@@H](O)CC[C@@]23C)[C@@]1(C)CCC(=O)O. The standard InChI is InChI=1S/C30H48O3/c1-19(2)22-11-9-20(3)23(29(22,7)18-16-27(32)33)12-13-24-21(4)10-14-25-28(5,6)26(31)15-17-30(24,25)8/h9,22-26,31H,1,4,10-18H2,2-3,5-8H3,(H,32,33)/t22-,23-,24-,25-,26-,29-,30-/m0/s1. The van der Waals surface area contributed by atoms with Crippen molar-refractivity contribution in [2.75, 3.05) is 0 Å². The Labute approximate surface area is 202 Å². The zero-order valence-electron chi connectivity index (χ0n) is 22.0. The normalized spacial score (nSPS) is 40.6. The van der Waals surface area contributed by atoms with Crippen LogP contribution >= 0.6 is 0 Å². The van der Waals surface area contributed by atoms with Crippen molar-refractivity contribution in [3.8, 4) is 0 Å². The fourth-order valence-electron chi connectivity index (χ4n) is 8.56. The van der Waals surface area contributed by atoms with Gasteiger partial charge in [0.15, 0.2) is 0 Å². The van der Waals surface area contributed by atoms with Gasteiger partial charge in [-0.15, -0.1) is 0 Å². The third-order valence-corrected chi connectivity index (χ3v) is 10.6. The zero-order valence-corrected chi connectivity index (χ0v) is 22.0. The fraction of sp³-hybridized carbons (Fsp3) is 0.767. The van der Waals surface area contributed by atoms with Crippen molar-refractivity contribution in [2.24, 2.45) is 39.9 Å². The van der Waals surface area contributed by atoms with Gasteiger partial charge in [0.2, 0.25) is 0 Å². The van der Waals surface area contributed by atoms with E-state index in [-0.39, 0.29) is 28.8 Å². The molecule has 0 heterocycles. The summed E-state index contributed by atoms with van der Waals surface area (Å²) < 4.78 is 0. The Morgan fingerprint density at radius 1 is 1.15 bits per heavy atom. The van der Waals surface area contributed by atoms with Gasteiger partial charge in [0.1, 0.15) is 0 Å². The van der Waals surface area contributed by atoms with E-state index in [1.54, 1.807) is 0 Å². The summed E-state index contributed by atoms with van der Waals surface area (Å²) in [5.74, 6) is 0.957. The summed E-state index contributed by atoms with van der Waals surface area (Å²) in [7, 11) is 0. The van der Waals surface area contributed by atoms with Crippen LogP contribution in [0.5, 0.6) is 0 Å². The summed E-state index contributed by atoms with van der Waals surface area (Å²) in [6, 6.07) is 0. The van der Waals surface area contributed by atoms with Gasteiger partial charge < -0.3 is 10.2 Å². The Balaban J connectivity index is 1.88. The number of hydrogen-bond donors (Lipinski definition) is 2. The van der Waals surface area contributed by atoms with Gasteiger partial charge in [0.05, 0.1) is 6.10 Å². The van der Waals surface area contributed by atoms with E-state index in [4.69, 9.17) is 0 Å². The number of fused-ring (bicyclic) bond motifs is 1. The number of carbonyl (C=O) groups is 1. The van der Waals surface area contributed by atoms with Crippen LogP contribution in [0, 0.1) is 39.9 Å². The van der Waals surface area contributed by atoms with E-state index in [9.17, 15) is 15.0 Å². The minimum absolute atomic E-state index is 0.0618. The average Bonchev–Trinajstić information content (AvgIpc) is 2.71. The van der Waals surface area contributed by atoms with Crippen LogP contribution in [0.4, 0.5) is 0 Å². The smallest absolute Gasteiger partial charge is 0.303 e. The molecule has 3 aliphatic rings. The molecular weight excluding hydrogens is 408 g/mol. The number of hydrogen-bond acceptors (Lipinski definition) is 2. The molecule has 33 heavy (non-hydrogen) atoms. The first kappa shape index (κ1) is 26.3. The minimum Gasteiger partial charge on any atom is -0.481 e. The maximum absolute atomic E-state index is 11.5. The van der Waals surface area contributed by atoms with Gasteiger partial charge in [0, 0.05) is 6.42 Å². The van der Waals surface area contributed by atoms with Gasteiger partial charge in [-0.05, 0) is 105 Å². The second-order valence-corrected chi connectivity index (χ2v) is 12.8. The van der Waals surface area contributed by atoms with Crippen LogP contribution in [0.1, 0.15) is 99.3 Å². The number of aliphatic carboxylic acids is 1. The molecule has 3 rings (SSSR count). The molecule has 2 fully saturated rings. The molecule has 0 unspecified atom stereocenters. The van der Waals surface area contributed by atoms with Crippen molar-refractivity contribution >= 4 is 5.97 Å². The lowest BCUT2D eigenvalue weighted by Crippen LogP contribution is -2.54. The highest BCUT2D eigenvalue weighted by Crippen LogP contribution is 2.62. The van der Waals surface area contributed by atoms with E-state index in [2.05, 4.69) is 60.8 Å². The molecule has 3 nitrogen and oxygen atoms in total. The molecular formula is C30H48O3. The highest BCUT2D eigenvalue weighted by molar-refractivity contribution is 5.66. The average molecular weight is 457 g/mol. The third kappa shape index (κ3) is 4.64. The van der Waals surface area contributed by atoms with E-state index < -0.39 is 5.97 Å². The summed E-state index contributed by atoms with van der Waals surface area (Å²) in [5, 5.41) is 20.2. The monoisotopic (exact) mass is 456 g/mol. The van der Waals surface area contributed by atoms with E-state index in [1.165, 1.54) is 16.7 Å². The van der Waals surface area contributed by atoms with E-state index in [0.29, 0.717) is 30.1 Å². The molecule has 0 amide bonds. The predicted octanol–water partition coefficient (Wildman–Crippen LogP) is 7.57. The summed E-state index contributed by atoms with van der Waals surface area (Å²) in [4.78, 5) is 11.5. The maximum Gasteiger partial charge on any atom is 0.303 e. The van der Waals surface area contributed by atoms with Gasteiger partial charge >= 0.3 is 5.97 Å². The van der Waals surface area contributed by atoms with Gasteiger partial charge in [0.25, 0.3) is 0 Å². The first-order valence-corrected chi connectivity index (χ1v) is 13.1. The number of aliphatic hydroxyl groups is 1.